The molecule has 0 saturated heterocycles. The third-order valence-corrected chi connectivity index (χ3v) is 18.0. The number of ketones is 2. The number of benzene rings is 3. The van der Waals surface area contributed by atoms with Crippen molar-refractivity contribution in [3.8, 4) is 0 Å². The van der Waals surface area contributed by atoms with Crippen molar-refractivity contribution < 1.29 is 157 Å². The zero-order chi connectivity index (χ0) is 103. The average Bonchev–Trinajstić information content (AvgIpc) is 0.738. The number of rotatable bonds is 38. The van der Waals surface area contributed by atoms with Crippen LogP contribution in [0.2, 0.25) is 0 Å². The first-order valence-corrected chi connectivity index (χ1v) is 39.9. The molecule has 9 rings (SSSR count). The number of nitrogens with zero attached hydrogens (tertiary/aromatic N) is 12. The van der Waals surface area contributed by atoms with Gasteiger partial charge in [-0.25, -0.2) is 44.3 Å². The summed E-state index contributed by atoms with van der Waals surface area (Å²) in [6, 6.07) is 9.89. The standard InChI is InChI=1S/C35H39F6N7O10.C27H31F3N8O7.C18H10F6N6O5/c1-33(2,3)58-24(50)8-6-16-57-15-5-7-22(49)13-14-23(29(53)56-4)44-27(51)19-9-11-21(12-10-19)48(31(55)35(39,40)41)18-20-17-42-26-25(43-20)28(52)46-32(45-26)47-30(54)34(36,37)38;1-44-24(42)19(9-8-18(39)3-2-11-45-12-10-31)35-22(40)15-4-6-17(7-5-15)38(25(43)27(28,29)30)14-16-13-33-21-20(34-16)23(41)37-26(32)36-21;19-17(20,21)14(34)29-16-27-11-10(12(31)28-16)26-8(5-25-11)6-30(15(35)18(22,23)24)9-3-1-7(2-4-9)13(32)33/h9-12,17,23H,5-8,13-16,18H2,1-4H3,(H,44,51)(H2,42,45,46,47,52,54);4-7,13,19H,2-3,8-12,14,31H2,1H3,(H,35,40)(H3,32,33,36,37,41);1-5H,6H2,(H,32,33)(H2,25,27,28,29,31,34)/t23-;19-;/m00./s1. The number of methoxy groups -OCH3 is 2. The molecule has 0 aliphatic carbocycles. The number of hydrogen-bond donors (Lipinski definition) is 10. The van der Waals surface area contributed by atoms with Crippen LogP contribution in [0.1, 0.15) is 133 Å². The quantitative estimate of drug-likeness (QED) is 0.00840. The molecule has 9 aromatic rings. The van der Waals surface area contributed by atoms with Crippen molar-refractivity contribution >= 4 is 145 Å². The summed E-state index contributed by atoms with van der Waals surface area (Å²) < 4.78 is 221. The van der Waals surface area contributed by atoms with Crippen LogP contribution in [0.25, 0.3) is 33.5 Å². The van der Waals surface area contributed by atoms with E-state index in [4.69, 9.17) is 40.3 Å². The normalized spacial score (nSPS) is 12.1. The maximum atomic E-state index is 13.7. The second-order valence-electron chi connectivity index (χ2n) is 29.6. The number of aromatic nitrogens is 12. The van der Waals surface area contributed by atoms with E-state index >= 15 is 0 Å². The summed E-state index contributed by atoms with van der Waals surface area (Å²) in [5, 5.41) is 16.4. The number of carboxylic acids is 1. The Hall–Kier alpha value is -15.5. The fourth-order valence-corrected chi connectivity index (χ4v) is 11.6. The van der Waals surface area contributed by atoms with E-state index in [9.17, 15) is 143 Å². The zero-order valence-electron chi connectivity index (χ0n) is 72.3. The van der Waals surface area contributed by atoms with Gasteiger partial charge in [0.05, 0.1) is 81.7 Å². The van der Waals surface area contributed by atoms with Gasteiger partial charge in [0.25, 0.3) is 28.5 Å². The number of amides is 7. The summed E-state index contributed by atoms with van der Waals surface area (Å²) in [7, 11) is 2.17. The lowest BCUT2D eigenvalue weighted by molar-refractivity contribution is -0.170. The summed E-state index contributed by atoms with van der Waals surface area (Å²) in [4.78, 5) is 234. The molecule has 0 unspecified atom stereocenters. The maximum absolute atomic E-state index is 13.7. The topological polar surface area (TPSA) is 613 Å². The molecule has 58 heteroatoms. The minimum atomic E-state index is -5.42. The molecule has 2 atom stereocenters. The number of nitrogens with one attached hydrogen (secondary N) is 7. The number of aromatic amines is 3. The van der Waals surface area contributed by atoms with Crippen LogP contribution in [0, 0.1) is 0 Å². The predicted octanol–water partition coefficient (Wildman–Crippen LogP) is 6.62. The average molecular weight is 1970 g/mol. The molecule has 0 radical (unpaired) electrons. The summed E-state index contributed by atoms with van der Waals surface area (Å²) in [6.45, 7) is 4.32. The number of nitrogens with two attached hydrogens (primary N) is 2. The number of fused-ring (bicyclic) bond motifs is 3. The van der Waals surface area contributed by atoms with Gasteiger partial charge < -0.3 is 50.9 Å². The molecular formula is C80H80F15N21O22. The summed E-state index contributed by atoms with van der Waals surface area (Å²) >= 11 is 0. The van der Waals surface area contributed by atoms with E-state index in [1.165, 1.54) is 10.6 Å². The minimum Gasteiger partial charge on any atom is -0.478 e. The van der Waals surface area contributed by atoms with E-state index in [1.54, 1.807) is 20.8 Å². The van der Waals surface area contributed by atoms with Crippen molar-refractivity contribution in [1.29, 1.82) is 0 Å². The van der Waals surface area contributed by atoms with Crippen LogP contribution >= 0.6 is 0 Å². The lowest BCUT2D eigenvalue weighted by atomic mass is 10.1. The number of Topliss-reactive ketones (excluding diaryl/α,β-unsaturated/α-hetero) is 2. The Morgan fingerprint density at radius 1 is 0.428 bits per heavy atom. The molecule has 6 heterocycles. The van der Waals surface area contributed by atoms with Gasteiger partial charge in [-0.1, -0.05) is 0 Å². The number of H-pyrrole nitrogens is 3. The molecule has 0 aliphatic rings. The lowest BCUT2D eigenvalue weighted by Crippen LogP contribution is -2.42. The van der Waals surface area contributed by atoms with Gasteiger partial charge in [0.15, 0.2) is 33.5 Å². The molecule has 138 heavy (non-hydrogen) atoms. The Kier molecular flexibility index (Phi) is 38.1. The number of carbonyl (C=O) groups is 13. The van der Waals surface area contributed by atoms with Crippen molar-refractivity contribution in [3.63, 3.8) is 0 Å². The Bertz CT molecular complexity index is 6140. The van der Waals surface area contributed by atoms with E-state index in [2.05, 4.69) is 60.5 Å². The van der Waals surface area contributed by atoms with Gasteiger partial charge in [-0.2, -0.15) is 80.8 Å². The minimum absolute atomic E-state index is 0.0304. The van der Waals surface area contributed by atoms with Crippen LogP contribution in [0.5, 0.6) is 0 Å². The second-order valence-corrected chi connectivity index (χ2v) is 29.6. The van der Waals surface area contributed by atoms with Crippen LogP contribution in [0.3, 0.4) is 0 Å². The van der Waals surface area contributed by atoms with Gasteiger partial charge >= 0.3 is 84.3 Å². The van der Waals surface area contributed by atoms with Gasteiger partial charge in [0, 0.05) is 86.7 Å². The Balaban J connectivity index is 0.000000291. The molecule has 3 aromatic carbocycles. The number of nitrogen functional groups attached to an aromatic ring is 1. The predicted molar refractivity (Wildman–Crippen MR) is 445 cm³/mol. The van der Waals surface area contributed by atoms with Crippen LogP contribution < -0.4 is 64.1 Å². The monoisotopic (exact) mass is 1970 g/mol. The molecule has 0 saturated carbocycles. The Labute approximate surface area is 763 Å². The van der Waals surface area contributed by atoms with Crippen LogP contribution in [-0.4, -0.2) is 237 Å². The highest BCUT2D eigenvalue weighted by Gasteiger charge is 2.47. The van der Waals surface area contributed by atoms with E-state index in [-0.39, 0.29) is 142 Å². The number of esters is 3. The zero-order valence-corrected chi connectivity index (χ0v) is 72.3. The van der Waals surface area contributed by atoms with Crippen LogP contribution in [-0.2, 0) is 91.3 Å². The van der Waals surface area contributed by atoms with Crippen LogP contribution in [0.15, 0.2) is 106 Å². The summed E-state index contributed by atoms with van der Waals surface area (Å²) in [5.74, 6) is -19.4. The van der Waals surface area contributed by atoms with Gasteiger partial charge in [-0.05, 0) is 126 Å². The number of aromatic carboxylic acids is 1. The fourth-order valence-electron chi connectivity index (χ4n) is 11.6. The third-order valence-electron chi connectivity index (χ3n) is 18.0. The maximum Gasteiger partial charge on any atom is 0.471 e. The third kappa shape index (κ3) is 33.2. The van der Waals surface area contributed by atoms with E-state index in [1.807, 2.05) is 9.97 Å². The van der Waals surface area contributed by atoms with Gasteiger partial charge in [0.2, 0.25) is 17.8 Å². The Morgan fingerprint density at radius 3 is 1.06 bits per heavy atom. The first kappa shape index (κ1) is 109. The molecule has 12 N–H and O–H groups in total. The lowest BCUT2D eigenvalue weighted by Gasteiger charge is -2.24. The van der Waals surface area contributed by atoms with Crippen LogP contribution in [0.4, 0.5) is 101 Å². The number of halogens is 15. The number of ether oxygens (including phenoxy) is 5. The highest BCUT2D eigenvalue weighted by molar-refractivity contribution is 6.03. The number of carbonyl (C=O) groups excluding carboxylic acids is 12. The number of alkyl halides is 15. The SMILES string of the molecule is COC(=O)[C@H](CCC(=O)CCCOCCCC(=O)OC(C)(C)C)NC(=O)c1ccc(N(Cc2cnc3nc(NC(=O)C(F)(F)F)[nH]c(=O)c3n2)C(=O)C(F)(F)F)cc1.COC(=O)[C@H](CCC(=O)CCCOCCN)NC(=O)c1ccc(N(Cc2cnc3nc(N)[nH]c(=O)c3n2)C(=O)C(F)(F)F)cc1.O=C(O)c1ccc(N(Cc2cnc3nc(NC(=O)C(F)(F)F)[nH]c(=O)c3n2)C(=O)C(F)(F)F)cc1. The largest absolute Gasteiger partial charge is 0.478 e. The molecule has 742 valence electrons. The van der Waals surface area contributed by atoms with Crippen molar-refractivity contribution in [2.75, 3.05) is 78.3 Å². The first-order chi connectivity index (χ1) is 64.5. The summed E-state index contributed by atoms with van der Waals surface area (Å²) in [6.07, 6.45) is -22.6. The van der Waals surface area contributed by atoms with E-state index in [0.29, 0.717) is 43.9 Å². The number of anilines is 6. The Morgan fingerprint density at radius 2 is 0.746 bits per heavy atom. The fraction of sp³-hybridized carbons (Fsp3) is 0.388. The van der Waals surface area contributed by atoms with Gasteiger partial charge in [0.1, 0.15) is 29.3 Å². The molecule has 43 nitrogen and oxygen atoms in total. The molecular weight excluding hydrogens is 1890 g/mol. The molecule has 7 amide bonds. The highest BCUT2D eigenvalue weighted by Crippen LogP contribution is 2.31. The van der Waals surface area contributed by atoms with Gasteiger partial charge in [-0.15, -0.1) is 0 Å². The molecule has 6 aromatic heterocycles. The summed E-state index contributed by atoms with van der Waals surface area (Å²) in [5.41, 5.74) is 1.79. The van der Waals surface area contributed by atoms with E-state index < -0.39 is 190 Å². The molecule has 0 spiro atoms. The highest BCUT2D eigenvalue weighted by atomic mass is 19.4. The second kappa shape index (κ2) is 48.1. The molecule has 0 aliphatic heterocycles. The number of hydrogen-bond acceptors (Lipinski definition) is 32. The van der Waals surface area contributed by atoms with Crippen molar-refractivity contribution in [2.24, 2.45) is 5.73 Å². The molecule has 0 fully saturated rings. The van der Waals surface area contributed by atoms with Gasteiger partial charge in [-0.3, -0.25) is 103 Å². The molecule has 0 bridgehead atoms. The van der Waals surface area contributed by atoms with Crippen molar-refractivity contribution in [3.05, 3.63) is 156 Å². The smallest absolute Gasteiger partial charge is 0.471 e. The van der Waals surface area contributed by atoms with E-state index in [0.717, 1.165) is 106 Å². The van der Waals surface area contributed by atoms with Crippen molar-refractivity contribution in [2.45, 2.75) is 153 Å². The number of carboxylic acid groups (broad SMARTS) is 1. The van der Waals surface area contributed by atoms with Crippen molar-refractivity contribution in [1.82, 2.24) is 70.4 Å². The first-order valence-electron chi connectivity index (χ1n) is 39.9.